The van der Waals surface area contributed by atoms with E-state index in [1.807, 2.05) is 31.2 Å². The number of Topliss-reactive ketones (excluding diaryl/α,β-unsaturated/α-hetero) is 1. The minimum Gasteiger partial charge on any atom is -0.490 e. The van der Waals surface area contributed by atoms with Crippen molar-refractivity contribution in [2.75, 3.05) is 43.2 Å². The number of rotatable bonds is 11. The Labute approximate surface area is 613 Å². The highest BCUT2D eigenvalue weighted by Gasteiger charge is 2.45. The number of carbonyl (C=O) groups excluding carboxylic acids is 10. The highest BCUT2D eigenvalue weighted by molar-refractivity contribution is 9.10. The fraction of sp³-hybridized carbons (Fsp3) is 0.436. The standard InChI is InChI=1S/C42H48ClN3O6S.C12H19NO.C9H9NO3.C9H9NO2.C5H4BrNO.CO2/c1-27-6-3-9-38(51-2)34-14-11-30(34)21-45-25-42(17-5-7-28-18-32(43)13-15-35(28)42)26-52-39-16-12-29(20-36(39)45)41(49)44-53(50,23-27)24-37(47)31-19-33-8-4-10-40(48)46(33)22-31;1-12(2,3)6-4-5-11-7-10(9-14)8-13-11;11-8-3-1-2-7-4-6(9(12)13)5-10(7)8;11-6-7-4-8-2-1-3-9(12)10(8)5-7;6-5-1-4(3-8)2-7-5;2-1-3/h3,9,12-13,15-16,18-20,22,27,30,34,38H,4-8,10-11,14,17,21,23-26H2,1-2H3;7-9,13H,4-6H2,1-3H3;4-5H,1-3H2,(H,12,13);4-6H,1-3H2;1-3,7H;/b9-3+;;;;;/t27-,30-,34+,38-,42-,53+;;;;;/m0...../s1. The second-order valence-electron chi connectivity index (χ2n) is 28.6. The number of aldehydes is 3. The zero-order chi connectivity index (χ0) is 74.2. The Balaban J connectivity index is 0.000000195. The number of hydrogen-bond donors (Lipinski definition) is 3. The number of allylic oxidation sites excluding steroid dienone is 1. The zero-order valence-corrected chi connectivity index (χ0v) is 61.9. The maximum absolute atomic E-state index is 14.8. The van der Waals surface area contributed by atoms with Crippen LogP contribution in [0.2, 0.25) is 5.02 Å². The zero-order valence-electron chi connectivity index (χ0n) is 58.8. The number of ether oxygens (including phenoxy) is 2. The second kappa shape index (κ2) is 35.5. The summed E-state index contributed by atoms with van der Waals surface area (Å²) >= 11 is 9.63. The maximum Gasteiger partial charge on any atom is 0.373 e. The van der Waals surface area contributed by atoms with Gasteiger partial charge in [0.15, 0.2) is 24.6 Å². The third-order valence-electron chi connectivity index (χ3n) is 19.7. The third kappa shape index (κ3) is 20.5. The smallest absolute Gasteiger partial charge is 0.373 e. The van der Waals surface area contributed by atoms with Crippen molar-refractivity contribution >= 4 is 103 Å². The van der Waals surface area contributed by atoms with E-state index in [0.29, 0.717) is 90.5 Å². The van der Waals surface area contributed by atoms with Crippen LogP contribution in [0.4, 0.5) is 5.69 Å². The Morgan fingerprint density at radius 1 is 0.786 bits per heavy atom. The summed E-state index contributed by atoms with van der Waals surface area (Å²) in [4.78, 5) is 129. The Hall–Kier alpha value is -8.93. The molecule has 10 heterocycles. The molecular weight excluding hydrogens is 1420 g/mol. The van der Waals surface area contributed by atoms with Gasteiger partial charge in [-0.3, -0.25) is 52.1 Å². The number of benzene rings is 2. The normalized spacial score (nSPS) is 21.9. The van der Waals surface area contributed by atoms with E-state index in [2.05, 4.69) is 80.2 Å². The molecule has 6 atom stereocenters. The number of hydrogen-bond acceptors (Lipinski definition) is 15. The van der Waals surface area contributed by atoms with Crippen LogP contribution in [0.1, 0.15) is 222 Å². The molecule has 5 aromatic heterocycles. The highest BCUT2D eigenvalue weighted by atomic mass is 79.9. The SMILES string of the molecule is CC(C)(C)CCCc1cc(C=O)c[nH]1.CO[C@H]1/C=C/C[C@H](C)C[S@@](=O)(CC(=O)c2cc3n(c2)C(=O)CCC3)=NC(=O)c2ccc3c(c2)N(C[C@@H]2CC[C@H]21)C[C@@]1(CCCc2cc(Cl)ccc21)CO3.O=C(O)c1cc2n(c1)C(=O)CCC2.O=C=O.O=Cc1c[nH]c(Br)c1.O=Cc1cc2n(c1)C(=O)CCC2. The van der Waals surface area contributed by atoms with Crippen LogP contribution in [0, 0.1) is 23.2 Å². The lowest BCUT2D eigenvalue weighted by Gasteiger charge is -2.46. The quantitative estimate of drug-likeness (QED) is 0.0616. The van der Waals surface area contributed by atoms with Crippen LogP contribution in [-0.4, -0.2) is 138 Å². The number of methoxy groups -OCH3 is 1. The molecule has 546 valence electrons. The minimum atomic E-state index is -3.34. The number of aryl methyl sites for hydroxylation is 5. The van der Waals surface area contributed by atoms with Crippen molar-refractivity contribution in [2.24, 2.45) is 27.5 Å². The van der Waals surface area contributed by atoms with Gasteiger partial charge >= 0.3 is 12.1 Å². The first-order valence-electron chi connectivity index (χ1n) is 34.9. The molecule has 0 radical (unpaired) electrons. The summed E-state index contributed by atoms with van der Waals surface area (Å²) in [5, 5.41) is 9.43. The molecule has 1 amide bonds. The molecule has 1 saturated carbocycles. The van der Waals surface area contributed by atoms with Gasteiger partial charge in [0, 0.05) is 137 Å². The molecule has 2 bridgehead atoms. The number of halogens is 2. The monoisotopic (exact) mass is 1510 g/mol. The first kappa shape index (κ1) is 78.2. The molecule has 1 spiro atoms. The first-order valence-corrected chi connectivity index (χ1v) is 37.9. The second-order valence-corrected chi connectivity index (χ2v) is 32.3. The van der Waals surface area contributed by atoms with E-state index in [0.717, 1.165) is 140 Å². The van der Waals surface area contributed by atoms with Gasteiger partial charge in [0.2, 0.25) is 17.7 Å². The molecule has 7 aromatic rings. The van der Waals surface area contributed by atoms with Crippen LogP contribution in [0.25, 0.3) is 0 Å². The number of aromatic amines is 2. The number of aromatic carboxylic acids is 1. The molecule has 2 aliphatic carbocycles. The van der Waals surface area contributed by atoms with E-state index in [9.17, 15) is 47.4 Å². The van der Waals surface area contributed by atoms with Gasteiger partial charge in [-0.2, -0.15) is 14.0 Å². The fourth-order valence-electron chi connectivity index (χ4n) is 14.5. The van der Waals surface area contributed by atoms with Crippen molar-refractivity contribution in [3.63, 3.8) is 0 Å². The molecule has 103 heavy (non-hydrogen) atoms. The van der Waals surface area contributed by atoms with Gasteiger partial charge in [-0.25, -0.2) is 9.00 Å². The molecule has 0 saturated heterocycles. The number of ketones is 1. The van der Waals surface area contributed by atoms with Crippen LogP contribution in [0.5, 0.6) is 5.75 Å². The molecule has 14 rings (SSSR count). The first-order chi connectivity index (χ1) is 49.3. The average Bonchev–Trinajstić information content (AvgIpc) is 1.64. The van der Waals surface area contributed by atoms with Gasteiger partial charge in [-0.05, 0) is 207 Å². The molecule has 5 aliphatic heterocycles. The van der Waals surface area contributed by atoms with E-state index in [1.165, 1.54) is 39.3 Å². The van der Waals surface area contributed by atoms with E-state index >= 15 is 0 Å². The summed E-state index contributed by atoms with van der Waals surface area (Å²) in [7, 11) is -1.58. The van der Waals surface area contributed by atoms with Gasteiger partial charge in [0.25, 0.3) is 5.91 Å². The minimum absolute atomic E-state index is 0.00579. The summed E-state index contributed by atoms with van der Waals surface area (Å²) in [6.07, 6.45) is 30.4. The van der Waals surface area contributed by atoms with Crippen LogP contribution in [0.3, 0.4) is 0 Å². The number of carboxylic acid groups (broad SMARTS) is 1. The predicted molar refractivity (Wildman–Crippen MR) is 393 cm³/mol. The Morgan fingerprint density at radius 3 is 1.97 bits per heavy atom. The number of amides is 1. The van der Waals surface area contributed by atoms with Crippen LogP contribution in [0.15, 0.2) is 119 Å². The average molecular weight is 1510 g/mol. The molecule has 0 unspecified atom stereocenters. The lowest BCUT2D eigenvalue weighted by atomic mass is 9.68. The number of nitrogens with one attached hydrogen (secondary N) is 2. The number of H-pyrrole nitrogens is 2. The lowest BCUT2D eigenvalue weighted by molar-refractivity contribution is -0.191. The largest absolute Gasteiger partial charge is 0.490 e. The molecule has 1 fully saturated rings. The molecule has 7 aliphatic rings. The van der Waals surface area contributed by atoms with Crippen molar-refractivity contribution in [2.45, 2.75) is 155 Å². The van der Waals surface area contributed by atoms with Crippen LogP contribution >= 0.6 is 27.5 Å². The molecular formula is C78H89BrClN7O15S. The van der Waals surface area contributed by atoms with E-state index in [4.69, 9.17) is 35.8 Å². The Bertz CT molecular complexity index is 4470. The summed E-state index contributed by atoms with van der Waals surface area (Å²) in [6, 6.07) is 20.3. The number of nitrogens with zero attached hydrogens (tertiary/aromatic N) is 5. The van der Waals surface area contributed by atoms with Gasteiger partial charge in [0.05, 0.1) is 44.0 Å². The number of aromatic nitrogens is 5. The van der Waals surface area contributed by atoms with Crippen molar-refractivity contribution in [3.8, 4) is 5.75 Å². The Morgan fingerprint density at radius 2 is 1.41 bits per heavy atom. The van der Waals surface area contributed by atoms with Crippen LogP contribution in [-0.2, 0) is 61.6 Å². The van der Waals surface area contributed by atoms with E-state index in [1.54, 1.807) is 66.8 Å². The van der Waals surface area contributed by atoms with Gasteiger partial charge in [0.1, 0.15) is 5.75 Å². The number of anilines is 1. The van der Waals surface area contributed by atoms with Crippen molar-refractivity contribution in [3.05, 3.63) is 187 Å². The summed E-state index contributed by atoms with van der Waals surface area (Å²) in [5.41, 5.74) is 10.1. The Kier molecular flexibility index (Phi) is 27.0. The van der Waals surface area contributed by atoms with Gasteiger partial charge in [-0.1, -0.05) is 57.5 Å². The number of fused-ring (bicyclic) bond motifs is 7. The van der Waals surface area contributed by atoms with Crippen molar-refractivity contribution in [1.29, 1.82) is 0 Å². The molecule has 3 N–H and O–H groups in total. The van der Waals surface area contributed by atoms with Crippen molar-refractivity contribution in [1.82, 2.24) is 23.7 Å². The lowest BCUT2D eigenvalue weighted by Crippen LogP contribution is -2.49. The topological polar surface area (TPSA) is 305 Å². The molecule has 2 aromatic carbocycles. The highest BCUT2D eigenvalue weighted by Crippen LogP contribution is 2.47. The summed E-state index contributed by atoms with van der Waals surface area (Å²) in [6.45, 7) is 10.7. The third-order valence-corrected chi connectivity index (χ3v) is 22.7. The van der Waals surface area contributed by atoms with Gasteiger partial charge < -0.3 is 29.4 Å². The summed E-state index contributed by atoms with van der Waals surface area (Å²) in [5.74, 6) is -0.930. The maximum atomic E-state index is 14.8. The number of carboxylic acids is 1. The molecule has 22 nitrogen and oxygen atoms in total. The van der Waals surface area contributed by atoms with Gasteiger partial charge in [-0.15, -0.1) is 0 Å². The predicted octanol–water partition coefficient (Wildman–Crippen LogP) is 14.4. The van der Waals surface area contributed by atoms with E-state index < -0.39 is 27.4 Å². The molecule has 25 heteroatoms. The van der Waals surface area contributed by atoms with E-state index in [-0.39, 0.29) is 58.4 Å². The number of carbonyl (C=O) groups is 9. The van der Waals surface area contributed by atoms with Crippen LogP contribution < -0.4 is 9.64 Å². The fourth-order valence-corrected chi connectivity index (χ4v) is 17.3. The van der Waals surface area contributed by atoms with Crippen molar-refractivity contribution < 1.29 is 71.5 Å². The summed E-state index contributed by atoms with van der Waals surface area (Å²) < 4.78 is 37.3.